The van der Waals surface area contributed by atoms with Crippen LogP contribution in [0, 0.1) is 5.92 Å². The van der Waals surface area contributed by atoms with Gasteiger partial charge in [0, 0.05) is 45.5 Å². The van der Waals surface area contributed by atoms with Crippen LogP contribution >= 0.6 is 0 Å². The van der Waals surface area contributed by atoms with E-state index < -0.39 is 10.0 Å². The summed E-state index contributed by atoms with van der Waals surface area (Å²) in [6.07, 6.45) is 3.05. The number of benzene rings is 1. The van der Waals surface area contributed by atoms with Gasteiger partial charge >= 0.3 is 0 Å². The fourth-order valence-electron chi connectivity index (χ4n) is 4.04. The van der Waals surface area contributed by atoms with Gasteiger partial charge in [-0.25, -0.2) is 12.7 Å². The number of likely N-dealkylation sites (tertiary alicyclic amines) is 1. The molecule has 2 fully saturated rings. The zero-order chi connectivity index (χ0) is 19.8. The van der Waals surface area contributed by atoms with E-state index in [1.807, 2.05) is 11.8 Å². The Balaban J connectivity index is 2.03. The smallest absolute Gasteiger partial charge is 0.256 e. The Morgan fingerprint density at radius 1 is 1.26 bits per heavy atom. The molecule has 2 aliphatic rings. The second-order valence-electron chi connectivity index (χ2n) is 7.80. The summed E-state index contributed by atoms with van der Waals surface area (Å²) < 4.78 is 26.4. The van der Waals surface area contributed by atoms with E-state index >= 15 is 0 Å². The summed E-state index contributed by atoms with van der Waals surface area (Å²) in [5, 5.41) is 0. The maximum Gasteiger partial charge on any atom is 0.256 e. The number of carbonyl (C=O) groups is 1. The Morgan fingerprint density at radius 2 is 1.93 bits per heavy atom. The third-order valence-corrected chi connectivity index (χ3v) is 7.49. The molecule has 2 aliphatic heterocycles. The first-order chi connectivity index (χ1) is 12.8. The molecule has 0 saturated carbocycles. The molecule has 1 aromatic carbocycles. The van der Waals surface area contributed by atoms with Crippen molar-refractivity contribution < 1.29 is 13.2 Å². The summed E-state index contributed by atoms with van der Waals surface area (Å²) >= 11 is 0. The highest BCUT2D eigenvalue weighted by Crippen LogP contribution is 2.32. The number of amides is 1. The molecular formula is C19H30N4O3S. The average Bonchev–Trinajstić information content (AvgIpc) is 3.30. The average molecular weight is 395 g/mol. The van der Waals surface area contributed by atoms with Gasteiger partial charge < -0.3 is 15.5 Å². The predicted molar refractivity (Wildman–Crippen MR) is 106 cm³/mol. The number of carbonyl (C=O) groups excluding carboxylic acids is 1. The molecule has 27 heavy (non-hydrogen) atoms. The van der Waals surface area contributed by atoms with E-state index in [0.717, 1.165) is 38.0 Å². The predicted octanol–water partition coefficient (Wildman–Crippen LogP) is 1.35. The van der Waals surface area contributed by atoms with Gasteiger partial charge in [-0.3, -0.25) is 4.79 Å². The zero-order valence-electron chi connectivity index (χ0n) is 16.4. The van der Waals surface area contributed by atoms with Gasteiger partial charge in [0.05, 0.1) is 10.5 Å². The lowest BCUT2D eigenvalue weighted by Crippen LogP contribution is -2.36. The highest BCUT2D eigenvalue weighted by atomic mass is 32.2. The second kappa shape index (κ2) is 7.77. The minimum Gasteiger partial charge on any atom is -0.371 e. The van der Waals surface area contributed by atoms with E-state index in [-0.39, 0.29) is 16.8 Å². The van der Waals surface area contributed by atoms with Gasteiger partial charge in [0.2, 0.25) is 10.0 Å². The van der Waals surface area contributed by atoms with Crippen molar-refractivity contribution in [1.29, 1.82) is 0 Å². The quantitative estimate of drug-likeness (QED) is 0.815. The van der Waals surface area contributed by atoms with Gasteiger partial charge in [-0.15, -0.1) is 0 Å². The molecule has 3 rings (SSSR count). The van der Waals surface area contributed by atoms with Crippen LogP contribution < -0.4 is 10.6 Å². The largest absolute Gasteiger partial charge is 0.371 e. The molecular weight excluding hydrogens is 364 g/mol. The summed E-state index contributed by atoms with van der Waals surface area (Å²) in [7, 11) is -0.602. The Morgan fingerprint density at radius 3 is 2.48 bits per heavy atom. The molecule has 0 aromatic heterocycles. The van der Waals surface area contributed by atoms with Crippen LogP contribution in [0.2, 0.25) is 0 Å². The summed E-state index contributed by atoms with van der Waals surface area (Å²) in [5.41, 5.74) is 7.12. The molecule has 0 radical (unpaired) electrons. The van der Waals surface area contributed by atoms with E-state index in [2.05, 4.69) is 4.90 Å². The maximum atomic E-state index is 13.4. The number of anilines is 1. The highest BCUT2D eigenvalue weighted by molar-refractivity contribution is 7.89. The Labute approximate surface area is 162 Å². The van der Waals surface area contributed by atoms with Crippen molar-refractivity contribution in [3.8, 4) is 0 Å². The lowest BCUT2D eigenvalue weighted by molar-refractivity contribution is 0.0744. The van der Waals surface area contributed by atoms with E-state index in [9.17, 15) is 13.2 Å². The SMILES string of the molecule is CC1CC(CN)CN1C(=O)c1cc(S(=O)(=O)N(C)C)ccc1N1CCCC1. The van der Waals surface area contributed by atoms with Crippen LogP contribution in [-0.2, 0) is 10.0 Å². The van der Waals surface area contributed by atoms with E-state index in [0.29, 0.717) is 24.6 Å². The number of hydrogen-bond acceptors (Lipinski definition) is 5. The second-order valence-corrected chi connectivity index (χ2v) is 9.96. The topological polar surface area (TPSA) is 86.9 Å². The molecule has 2 unspecified atom stereocenters. The molecule has 2 atom stereocenters. The van der Waals surface area contributed by atoms with Crippen LogP contribution in [0.1, 0.15) is 36.5 Å². The Hall–Kier alpha value is -1.64. The first-order valence-electron chi connectivity index (χ1n) is 9.58. The van der Waals surface area contributed by atoms with Crippen LogP contribution in [-0.4, -0.2) is 69.8 Å². The molecule has 8 heteroatoms. The van der Waals surface area contributed by atoms with Crippen molar-refractivity contribution in [1.82, 2.24) is 9.21 Å². The number of rotatable bonds is 5. The molecule has 1 amide bonds. The van der Waals surface area contributed by atoms with Crippen molar-refractivity contribution in [2.24, 2.45) is 11.7 Å². The van der Waals surface area contributed by atoms with Gasteiger partial charge in [-0.05, 0) is 56.8 Å². The third-order valence-electron chi connectivity index (χ3n) is 5.68. The Kier molecular flexibility index (Phi) is 5.79. The minimum absolute atomic E-state index is 0.101. The first kappa shape index (κ1) is 20.1. The molecule has 0 spiro atoms. The van der Waals surface area contributed by atoms with Crippen molar-refractivity contribution in [3.05, 3.63) is 23.8 Å². The number of sulfonamides is 1. The fraction of sp³-hybridized carbons (Fsp3) is 0.632. The first-order valence-corrected chi connectivity index (χ1v) is 11.0. The molecule has 0 bridgehead atoms. The number of nitrogens with zero attached hydrogens (tertiary/aromatic N) is 3. The molecule has 1 aromatic rings. The van der Waals surface area contributed by atoms with Crippen LogP contribution in [0.25, 0.3) is 0 Å². The standard InChI is InChI=1S/C19H30N4O3S/c1-14-10-15(12-20)13-23(14)19(24)17-11-16(27(25,26)21(2)3)6-7-18(17)22-8-4-5-9-22/h6-7,11,14-15H,4-5,8-10,12-13,20H2,1-3H3. The number of nitrogens with two attached hydrogens (primary N) is 1. The highest BCUT2D eigenvalue weighted by Gasteiger charge is 2.34. The molecule has 150 valence electrons. The van der Waals surface area contributed by atoms with Crippen molar-refractivity contribution in [3.63, 3.8) is 0 Å². The van der Waals surface area contributed by atoms with Gasteiger partial charge in [0.15, 0.2) is 0 Å². The van der Waals surface area contributed by atoms with Crippen LogP contribution in [0.3, 0.4) is 0 Å². The van der Waals surface area contributed by atoms with Gasteiger partial charge in [-0.2, -0.15) is 0 Å². The van der Waals surface area contributed by atoms with E-state index in [1.54, 1.807) is 18.2 Å². The van der Waals surface area contributed by atoms with Crippen LogP contribution in [0.15, 0.2) is 23.1 Å². The van der Waals surface area contributed by atoms with Crippen molar-refractivity contribution in [2.45, 2.75) is 37.1 Å². The summed E-state index contributed by atoms with van der Waals surface area (Å²) in [6.45, 7) is 4.99. The van der Waals surface area contributed by atoms with Crippen molar-refractivity contribution in [2.75, 3.05) is 45.2 Å². The van der Waals surface area contributed by atoms with E-state index in [4.69, 9.17) is 5.73 Å². The Bertz CT molecular complexity index is 803. The van der Waals surface area contributed by atoms with Crippen molar-refractivity contribution >= 4 is 21.6 Å². The normalized spacial score (nSPS) is 23.4. The maximum absolute atomic E-state index is 13.4. The molecule has 7 nitrogen and oxygen atoms in total. The monoisotopic (exact) mass is 394 g/mol. The summed E-state index contributed by atoms with van der Waals surface area (Å²) in [5.74, 6) is 0.198. The number of hydrogen-bond donors (Lipinski definition) is 1. The molecule has 0 aliphatic carbocycles. The van der Waals surface area contributed by atoms with Crippen LogP contribution in [0.4, 0.5) is 5.69 Å². The third kappa shape index (κ3) is 3.83. The van der Waals surface area contributed by atoms with Gasteiger partial charge in [0.25, 0.3) is 5.91 Å². The summed E-state index contributed by atoms with van der Waals surface area (Å²) in [4.78, 5) is 17.6. The summed E-state index contributed by atoms with van der Waals surface area (Å²) in [6, 6.07) is 5.05. The van der Waals surface area contributed by atoms with Crippen LogP contribution in [0.5, 0.6) is 0 Å². The fourth-order valence-corrected chi connectivity index (χ4v) is 4.97. The minimum atomic E-state index is -3.60. The lowest BCUT2D eigenvalue weighted by Gasteiger charge is -2.27. The van der Waals surface area contributed by atoms with E-state index in [1.165, 1.54) is 18.4 Å². The van der Waals surface area contributed by atoms with Gasteiger partial charge in [-0.1, -0.05) is 0 Å². The lowest BCUT2D eigenvalue weighted by atomic mass is 10.1. The molecule has 2 N–H and O–H groups in total. The molecule has 2 saturated heterocycles. The van der Waals surface area contributed by atoms with Gasteiger partial charge in [0.1, 0.15) is 0 Å². The molecule has 2 heterocycles. The zero-order valence-corrected chi connectivity index (χ0v) is 17.2.